The molecule has 0 aromatic carbocycles. The maximum atomic E-state index is 13.0. The quantitative estimate of drug-likeness (QED) is 0.0127. The molecule has 0 saturated carbocycles. The van der Waals surface area contributed by atoms with Crippen molar-refractivity contribution in [3.8, 4) is 0 Å². The van der Waals surface area contributed by atoms with Crippen molar-refractivity contribution in [2.24, 2.45) is 45.3 Å². The van der Waals surface area contributed by atoms with Crippen LogP contribution in [0.2, 0.25) is 0 Å². The molecule has 12 N–H and O–H groups in total. The van der Waals surface area contributed by atoms with E-state index in [1.54, 1.807) is 34.7 Å². The average Bonchev–Trinajstić information content (AvgIpc) is 0.868. The largest absolute Gasteiger partial charge is 0.461 e. The number of ether oxygens (including phenoxy) is 8. The number of H-pyrrole nitrogens is 2. The third-order valence-corrected chi connectivity index (χ3v) is 16.4. The van der Waals surface area contributed by atoms with Crippen molar-refractivity contribution in [3.63, 3.8) is 0 Å². The zero-order valence-electron chi connectivity index (χ0n) is 65.3. The predicted molar refractivity (Wildman–Crippen MR) is 396 cm³/mol. The topological polar surface area (TPSA) is 460 Å². The van der Waals surface area contributed by atoms with Gasteiger partial charge in [0, 0.05) is 95.4 Å². The number of aryl methyl sites for hydroxylation is 2. The molecule has 0 aliphatic carbocycles. The summed E-state index contributed by atoms with van der Waals surface area (Å²) in [5, 5.41) is 26.7. The van der Waals surface area contributed by atoms with Gasteiger partial charge in [0.2, 0.25) is 11.9 Å². The van der Waals surface area contributed by atoms with Crippen molar-refractivity contribution >= 4 is 72.6 Å². The first-order chi connectivity index (χ1) is 49.5. The first kappa shape index (κ1) is 92.5. The lowest BCUT2D eigenvalue weighted by molar-refractivity contribution is -0.137. The number of rotatable bonds is 46. The molecule has 0 aliphatic rings. The molecular formula is C71H121N15O20. The number of hydrogen-bond donors (Lipinski definition) is 12. The van der Waals surface area contributed by atoms with E-state index in [9.17, 15) is 57.5 Å². The van der Waals surface area contributed by atoms with Crippen LogP contribution in [-0.2, 0) is 42.7 Å². The standard InChI is InChI=1S/C71H121N15O20/c1-19-56(89)99-31-29-76-65(96)106-53(44-103-64(95)75-28-23-70(14,15)36-47(4)40-79-66(97)104-51(8)42-101-62(93)73-26-21-68(10,11)34-45(2)38-77-59(90)84-57-80-49(6)32-54(87)82-57)20-30-100-61(92)72-25-24-71(16,17)37-48(5)41-86(18)67(98)105-52(9)43-102-63(94)74-27-22-69(12,13)35-46(3)39-78-60(91)85-58-81-50(7)33-55(88)83-58/h19,32-33,45-48,51-53H,1,20-31,34-44H2,2-18H3,(H,72,92)(H,73,93)(H,74,94)(H,75,95)(H,76,96)(H,79,97)(H3,77,80,82,84,87,90)(H3,78,81,83,85,88,91). The molecule has 0 radical (unpaired) electrons. The number of hydrogen-bond acceptors (Lipinski definition) is 22. The second-order valence-corrected chi connectivity index (χ2v) is 30.5. The molecule has 7 unspecified atom stereocenters. The molecular weight excluding hydrogens is 1380 g/mol. The highest BCUT2D eigenvalue weighted by Gasteiger charge is 2.29. The van der Waals surface area contributed by atoms with Gasteiger partial charge in [0.25, 0.3) is 11.1 Å². The molecule has 0 saturated heterocycles. The van der Waals surface area contributed by atoms with E-state index in [0.717, 1.165) is 18.9 Å². The van der Waals surface area contributed by atoms with Crippen LogP contribution in [0.3, 0.4) is 0 Å². The van der Waals surface area contributed by atoms with Crippen LogP contribution >= 0.6 is 0 Å². The Kier molecular flexibility index (Phi) is 41.1. The van der Waals surface area contributed by atoms with E-state index in [1.165, 1.54) is 17.0 Å². The monoisotopic (exact) mass is 1500 g/mol. The van der Waals surface area contributed by atoms with Gasteiger partial charge in [0.15, 0.2) is 0 Å². The van der Waals surface area contributed by atoms with Crippen LogP contribution in [-0.4, -0.2) is 203 Å². The maximum absolute atomic E-state index is 13.0. The van der Waals surface area contributed by atoms with Gasteiger partial charge in [0.1, 0.15) is 44.7 Å². The minimum Gasteiger partial charge on any atom is -0.461 e. The second-order valence-electron chi connectivity index (χ2n) is 30.5. The first-order valence-corrected chi connectivity index (χ1v) is 36.0. The van der Waals surface area contributed by atoms with Crippen LogP contribution in [0.1, 0.15) is 166 Å². The zero-order chi connectivity index (χ0) is 79.8. The summed E-state index contributed by atoms with van der Waals surface area (Å²) in [6.45, 7) is 35.3. The fourth-order valence-corrected chi connectivity index (χ4v) is 11.7. The van der Waals surface area contributed by atoms with Gasteiger partial charge in [-0.15, -0.1) is 0 Å². The van der Waals surface area contributed by atoms with Crippen LogP contribution < -0.4 is 64.3 Å². The zero-order valence-corrected chi connectivity index (χ0v) is 65.3. The Bertz CT molecular complexity index is 3250. The van der Waals surface area contributed by atoms with Crippen molar-refractivity contribution in [1.82, 2.24) is 67.4 Å². The highest BCUT2D eigenvalue weighted by atomic mass is 16.6. The smallest absolute Gasteiger partial charge is 0.409 e. The van der Waals surface area contributed by atoms with Crippen LogP contribution in [0.15, 0.2) is 34.4 Å². The van der Waals surface area contributed by atoms with Crippen LogP contribution in [0.5, 0.6) is 0 Å². The number of anilines is 2. The number of aromatic nitrogens is 4. The van der Waals surface area contributed by atoms with Gasteiger partial charge in [-0.25, -0.2) is 57.9 Å². The van der Waals surface area contributed by atoms with E-state index in [0.29, 0.717) is 82.6 Å². The number of amides is 11. The Morgan fingerprint density at radius 3 is 1.25 bits per heavy atom. The van der Waals surface area contributed by atoms with Crippen LogP contribution in [0, 0.1) is 59.2 Å². The summed E-state index contributed by atoms with van der Waals surface area (Å²) in [5.41, 5.74) is -0.803. The number of nitrogens with one attached hydrogen (secondary N) is 12. The number of alkyl carbamates (subject to hydrolysis) is 6. The Labute approximate surface area is 622 Å². The molecule has 0 bridgehead atoms. The molecule has 35 heteroatoms. The maximum Gasteiger partial charge on any atom is 0.409 e. The predicted octanol–water partition coefficient (Wildman–Crippen LogP) is 8.87. The molecule has 11 amide bonds. The lowest BCUT2D eigenvalue weighted by Gasteiger charge is -2.30. The van der Waals surface area contributed by atoms with Gasteiger partial charge >= 0.3 is 60.7 Å². The van der Waals surface area contributed by atoms with Crippen molar-refractivity contribution in [2.75, 3.05) is 110 Å². The summed E-state index contributed by atoms with van der Waals surface area (Å²) in [5.74, 6) is -0.397. The Hall–Kier alpha value is -9.60. The molecule has 7 atom stereocenters. The molecule has 0 aliphatic heterocycles. The third-order valence-electron chi connectivity index (χ3n) is 16.4. The van der Waals surface area contributed by atoms with E-state index >= 15 is 0 Å². The van der Waals surface area contributed by atoms with Gasteiger partial charge < -0.3 is 85.3 Å². The van der Waals surface area contributed by atoms with Crippen LogP contribution in [0.4, 0.5) is 55.0 Å². The van der Waals surface area contributed by atoms with Crippen molar-refractivity contribution < 1.29 is 85.8 Å². The van der Waals surface area contributed by atoms with Gasteiger partial charge in [-0.2, -0.15) is 0 Å². The number of carbonyl (C=O) groups is 10. The lowest BCUT2D eigenvalue weighted by Crippen LogP contribution is -2.37. The van der Waals surface area contributed by atoms with E-state index < -0.39 is 85.6 Å². The first-order valence-electron chi connectivity index (χ1n) is 36.0. The van der Waals surface area contributed by atoms with Crippen molar-refractivity contribution in [3.05, 3.63) is 56.9 Å². The number of urea groups is 2. The Morgan fingerprint density at radius 1 is 0.472 bits per heavy atom. The van der Waals surface area contributed by atoms with Crippen molar-refractivity contribution in [2.45, 2.75) is 187 Å². The number of carbonyl (C=O) groups excluding carboxylic acids is 10. The SMILES string of the molecule is C=CC(=O)OCCNC(=O)OC(CCOC(=O)NCCC(C)(C)CC(C)CN(C)C(=O)OC(C)COC(=O)NCCC(C)(C)CC(C)CNC(=O)Nc1nc(C)cc(=O)[nH]1)COC(=O)NCCC(C)(C)CC(C)CNC(=O)OC(C)COC(=O)NCCC(C)(C)CC(C)CNC(=O)Nc1nc(C)cc(=O)[nH]1. The van der Waals surface area contributed by atoms with E-state index in [1.807, 2.05) is 55.4 Å². The fraction of sp³-hybridized carbons (Fsp3) is 0.718. The molecule has 2 rings (SSSR count). The fourth-order valence-electron chi connectivity index (χ4n) is 11.7. The molecule has 0 spiro atoms. The normalized spacial score (nSPS) is 13.5. The van der Waals surface area contributed by atoms with Gasteiger partial charge in [-0.05, 0) is 124 Å². The average molecular weight is 1500 g/mol. The summed E-state index contributed by atoms with van der Waals surface area (Å²) in [6.07, 6.45) is -1.57. The Morgan fingerprint density at radius 2 is 0.840 bits per heavy atom. The van der Waals surface area contributed by atoms with Gasteiger partial charge in [0.05, 0.1) is 13.2 Å². The molecule has 600 valence electrons. The second kappa shape index (κ2) is 47.1. The molecule has 2 aromatic rings. The van der Waals surface area contributed by atoms with Gasteiger partial charge in [-0.3, -0.25) is 30.2 Å². The third kappa shape index (κ3) is 44.9. The summed E-state index contributed by atoms with van der Waals surface area (Å²) >= 11 is 0. The number of esters is 1. The lowest BCUT2D eigenvalue weighted by atomic mass is 9.80. The minimum absolute atomic E-state index is 0.0121. The molecule has 0 fully saturated rings. The highest BCUT2D eigenvalue weighted by molar-refractivity contribution is 5.87. The number of aromatic amines is 2. The summed E-state index contributed by atoms with van der Waals surface area (Å²) in [4.78, 5) is 163. The Balaban J connectivity index is 1.70. The molecule has 2 aromatic heterocycles. The summed E-state index contributed by atoms with van der Waals surface area (Å²) in [7, 11) is 1.61. The summed E-state index contributed by atoms with van der Waals surface area (Å²) in [6, 6.07) is 1.65. The molecule has 35 nitrogen and oxygen atoms in total. The minimum atomic E-state index is -1.07. The van der Waals surface area contributed by atoms with E-state index in [2.05, 4.69) is 107 Å². The molecule has 2 heterocycles. The summed E-state index contributed by atoms with van der Waals surface area (Å²) < 4.78 is 42.7. The van der Waals surface area contributed by atoms with Crippen molar-refractivity contribution in [1.29, 1.82) is 0 Å². The van der Waals surface area contributed by atoms with E-state index in [-0.39, 0.29) is 127 Å². The van der Waals surface area contributed by atoms with Crippen LogP contribution in [0.25, 0.3) is 0 Å². The highest BCUT2D eigenvalue weighted by Crippen LogP contribution is 2.32. The van der Waals surface area contributed by atoms with E-state index in [4.69, 9.17) is 37.9 Å². The molecule has 106 heavy (non-hydrogen) atoms. The number of nitrogens with zero attached hydrogens (tertiary/aromatic N) is 3. The van der Waals surface area contributed by atoms with Gasteiger partial charge in [-0.1, -0.05) is 89.7 Å².